The second-order valence-electron chi connectivity index (χ2n) is 15.5. The van der Waals surface area contributed by atoms with Crippen LogP contribution in [0.4, 0.5) is 0 Å². The molecule has 3 N–H and O–H groups in total. The number of nitrogens with one attached hydrogen (secondary N) is 2. The number of aliphatic hydroxyl groups excluding tert-OH is 1. The van der Waals surface area contributed by atoms with Crippen LogP contribution in [0.2, 0.25) is 0 Å². The van der Waals surface area contributed by atoms with E-state index in [0.29, 0.717) is 24.3 Å². The molecular weight excluding hydrogens is 715 g/mol. The molecule has 4 rings (SSSR count). The monoisotopic (exact) mass is 775 g/mol. The van der Waals surface area contributed by atoms with Crippen molar-refractivity contribution in [2.24, 2.45) is 17.8 Å². The van der Waals surface area contributed by atoms with Gasteiger partial charge in [-0.15, -0.1) is 11.3 Å². The summed E-state index contributed by atoms with van der Waals surface area (Å²) >= 11 is 1.19. The molecule has 3 amide bonds. The lowest BCUT2D eigenvalue weighted by Gasteiger charge is -2.38. The summed E-state index contributed by atoms with van der Waals surface area (Å²) in [4.78, 5) is 61.7. The zero-order valence-electron chi connectivity index (χ0n) is 33.8. The number of likely N-dealkylation sites (tertiary alicyclic amines) is 1. The van der Waals surface area contributed by atoms with E-state index in [0.717, 1.165) is 42.5 Å². The van der Waals surface area contributed by atoms with Crippen molar-refractivity contribution < 1.29 is 29.0 Å². The van der Waals surface area contributed by atoms with E-state index < -0.39 is 24.0 Å². The molecule has 0 bridgehead atoms. The minimum Gasteiger partial charge on any atom is -0.469 e. The number of hydrogen-bond acceptors (Lipinski definition) is 9. The van der Waals surface area contributed by atoms with Gasteiger partial charge in [0.05, 0.1) is 19.1 Å². The van der Waals surface area contributed by atoms with Crippen LogP contribution in [-0.4, -0.2) is 95.5 Å². The molecule has 0 radical (unpaired) electrons. The number of thiazole rings is 1. The summed E-state index contributed by atoms with van der Waals surface area (Å²) in [6, 6.07) is 16.6. The van der Waals surface area contributed by atoms with E-state index >= 15 is 0 Å². The Bertz CT molecular complexity index is 1700. The third-order valence-corrected chi connectivity index (χ3v) is 12.0. The Morgan fingerprint density at radius 1 is 0.982 bits per heavy atom. The van der Waals surface area contributed by atoms with Gasteiger partial charge < -0.3 is 25.4 Å². The number of likely N-dealkylation sites (N-methyl/N-ethyl adjacent to an activating group) is 2. The Morgan fingerprint density at radius 2 is 1.65 bits per heavy atom. The molecule has 3 aromatic rings. The van der Waals surface area contributed by atoms with Crippen molar-refractivity contribution in [3.05, 3.63) is 76.2 Å². The predicted octanol–water partition coefficient (Wildman–Crippen LogP) is 6.27. The summed E-state index contributed by atoms with van der Waals surface area (Å²) in [7, 11) is 5.04. The molecule has 1 aliphatic heterocycles. The molecule has 12 heteroatoms. The van der Waals surface area contributed by atoms with E-state index in [9.17, 15) is 24.3 Å². The van der Waals surface area contributed by atoms with Gasteiger partial charge in [-0.25, -0.2) is 4.98 Å². The Morgan fingerprint density at radius 3 is 2.27 bits per heavy atom. The van der Waals surface area contributed by atoms with Crippen molar-refractivity contribution in [2.45, 2.75) is 110 Å². The van der Waals surface area contributed by atoms with Crippen molar-refractivity contribution in [1.82, 2.24) is 25.4 Å². The van der Waals surface area contributed by atoms with Gasteiger partial charge in [-0.3, -0.25) is 24.1 Å². The number of aliphatic hydroxyl groups is 1. The molecule has 0 spiro atoms. The van der Waals surface area contributed by atoms with E-state index in [-0.39, 0.29) is 59.9 Å². The normalized spacial score (nSPS) is 18.0. The number of amides is 3. The highest BCUT2D eigenvalue weighted by Crippen LogP contribution is 2.29. The average molecular weight is 776 g/mol. The molecule has 0 aliphatic carbocycles. The topological polar surface area (TPSA) is 141 Å². The predicted molar refractivity (Wildman–Crippen MR) is 217 cm³/mol. The summed E-state index contributed by atoms with van der Waals surface area (Å²) in [6.45, 7) is 10.6. The minimum atomic E-state index is -1.03. The number of aromatic nitrogens is 1. The van der Waals surface area contributed by atoms with Gasteiger partial charge in [0.1, 0.15) is 22.8 Å². The number of piperidine rings is 1. The highest BCUT2D eigenvalue weighted by molar-refractivity contribution is 7.09. The maximum absolute atomic E-state index is 14.1. The molecule has 1 fully saturated rings. The molecule has 300 valence electrons. The van der Waals surface area contributed by atoms with Crippen molar-refractivity contribution in [2.75, 3.05) is 27.7 Å². The van der Waals surface area contributed by atoms with Crippen molar-refractivity contribution in [3.63, 3.8) is 0 Å². The van der Waals surface area contributed by atoms with Crippen molar-refractivity contribution in [1.29, 1.82) is 0 Å². The van der Waals surface area contributed by atoms with Gasteiger partial charge in [0.15, 0.2) is 0 Å². The van der Waals surface area contributed by atoms with Crippen LogP contribution < -0.4 is 10.6 Å². The number of rotatable bonds is 18. The average Bonchev–Trinajstić information content (AvgIpc) is 3.69. The van der Waals surface area contributed by atoms with Gasteiger partial charge in [-0.1, -0.05) is 102 Å². The maximum atomic E-state index is 14.1. The molecular formula is C43H61N5O6S. The fraction of sp³-hybridized carbons (Fsp3) is 0.558. The summed E-state index contributed by atoms with van der Waals surface area (Å²) in [6.07, 6.45) is 3.56. The summed E-state index contributed by atoms with van der Waals surface area (Å²) < 4.78 is 4.97. The molecule has 0 saturated carbocycles. The molecule has 7 atom stereocenters. The van der Waals surface area contributed by atoms with E-state index in [1.807, 2.05) is 77.2 Å². The smallest absolute Gasteiger partial charge is 0.308 e. The number of benzene rings is 2. The molecule has 11 nitrogen and oxygen atoms in total. The second-order valence-corrected chi connectivity index (χ2v) is 16.4. The summed E-state index contributed by atoms with van der Waals surface area (Å²) in [5, 5.41) is 19.6. The zero-order chi connectivity index (χ0) is 40.2. The van der Waals surface area contributed by atoms with Crippen LogP contribution in [0.3, 0.4) is 0 Å². The first-order chi connectivity index (χ1) is 26.2. The first kappa shape index (κ1) is 43.6. The third-order valence-electron chi connectivity index (χ3n) is 11.1. The summed E-state index contributed by atoms with van der Waals surface area (Å²) in [5.74, 6) is -1.60. The van der Waals surface area contributed by atoms with E-state index in [1.54, 1.807) is 24.3 Å². The summed E-state index contributed by atoms with van der Waals surface area (Å²) in [5.41, 5.74) is 3.37. The van der Waals surface area contributed by atoms with Crippen LogP contribution in [0, 0.1) is 17.8 Å². The van der Waals surface area contributed by atoms with E-state index in [2.05, 4.69) is 32.7 Å². The molecule has 4 unspecified atom stereocenters. The van der Waals surface area contributed by atoms with Crippen LogP contribution in [0.1, 0.15) is 100 Å². The number of hydrogen-bond donors (Lipinski definition) is 3. The highest BCUT2D eigenvalue weighted by Gasteiger charge is 2.36. The minimum absolute atomic E-state index is 0.0107. The SMILES string of the molecule is CCC(C)[C@H](NC(=O)C1CCCCN1C)C(=O)N(C)C(C[C@@H](O)c1nc(C(=O)NC(Cc2ccc(-c3ccccc3)cc2)C[C@H](C)C(=O)OC)cs1)C(C)C. The van der Waals surface area contributed by atoms with E-state index in [1.165, 1.54) is 18.4 Å². The lowest BCUT2D eigenvalue weighted by Crippen LogP contribution is -2.58. The highest BCUT2D eigenvalue weighted by atomic mass is 32.1. The van der Waals surface area contributed by atoms with Gasteiger partial charge in [-0.05, 0) is 67.8 Å². The Balaban J connectivity index is 1.44. The van der Waals surface area contributed by atoms with Crippen LogP contribution >= 0.6 is 11.3 Å². The Hall–Kier alpha value is -4.13. The van der Waals surface area contributed by atoms with Crippen LogP contribution in [0.25, 0.3) is 11.1 Å². The zero-order valence-corrected chi connectivity index (χ0v) is 34.6. The quantitative estimate of drug-likeness (QED) is 0.129. The number of methoxy groups -OCH3 is 1. The Labute approximate surface area is 331 Å². The number of carbonyl (C=O) groups is 4. The van der Waals surface area contributed by atoms with E-state index in [4.69, 9.17) is 4.74 Å². The van der Waals surface area contributed by atoms with Gasteiger partial charge >= 0.3 is 5.97 Å². The fourth-order valence-electron chi connectivity index (χ4n) is 7.40. The number of esters is 1. The van der Waals surface area contributed by atoms with Crippen LogP contribution in [0.15, 0.2) is 60.0 Å². The van der Waals surface area contributed by atoms with Gasteiger partial charge in [0.2, 0.25) is 11.8 Å². The molecule has 1 aliphatic rings. The first-order valence-corrected chi connectivity index (χ1v) is 20.6. The molecule has 55 heavy (non-hydrogen) atoms. The number of nitrogens with zero attached hydrogens (tertiary/aromatic N) is 3. The lowest BCUT2D eigenvalue weighted by molar-refractivity contribution is -0.145. The molecule has 1 saturated heterocycles. The largest absolute Gasteiger partial charge is 0.469 e. The Kier molecular flexibility index (Phi) is 16.4. The number of ether oxygens (including phenoxy) is 1. The third kappa shape index (κ3) is 11.9. The maximum Gasteiger partial charge on any atom is 0.308 e. The first-order valence-electron chi connectivity index (χ1n) is 19.7. The standard InChI is InChI=1S/C43H61N5O6S/c1-9-28(4)38(46-40(51)35-17-13-14-22-47(35)6)42(52)48(7)36(27(2)3)25-37(49)41-45-34(26-55-41)39(50)44-33(23-29(5)43(53)54-8)24-30-18-20-32(21-19-30)31-15-11-10-12-16-31/h10-12,15-16,18-21,26-29,33,35-38,49H,9,13-14,17,22-25H2,1-8H3,(H,44,50)(H,46,51)/t28?,29-,33?,35?,36?,37+,38-/m0/s1. The van der Waals surface area contributed by atoms with Gasteiger partial charge in [0, 0.05) is 30.9 Å². The lowest BCUT2D eigenvalue weighted by atomic mass is 9.92. The van der Waals surface area contributed by atoms with Gasteiger partial charge in [-0.2, -0.15) is 0 Å². The van der Waals surface area contributed by atoms with Gasteiger partial charge in [0.25, 0.3) is 5.91 Å². The van der Waals surface area contributed by atoms with Crippen LogP contribution in [-0.2, 0) is 25.5 Å². The van der Waals surface area contributed by atoms with Crippen molar-refractivity contribution >= 4 is 35.0 Å². The molecule has 2 aromatic carbocycles. The van der Waals surface area contributed by atoms with Crippen LogP contribution in [0.5, 0.6) is 0 Å². The van der Waals surface area contributed by atoms with Crippen molar-refractivity contribution in [3.8, 4) is 11.1 Å². The number of carbonyl (C=O) groups excluding carboxylic acids is 4. The second kappa shape index (κ2) is 20.7. The fourth-order valence-corrected chi connectivity index (χ4v) is 8.20. The molecule has 1 aromatic heterocycles. The molecule has 2 heterocycles.